The van der Waals surface area contributed by atoms with Crippen molar-refractivity contribution in [3.05, 3.63) is 46.0 Å². The van der Waals surface area contributed by atoms with E-state index in [0.29, 0.717) is 6.07 Å². The molecule has 0 saturated heterocycles. The number of hydrogen-bond donors (Lipinski definition) is 1. The lowest BCUT2D eigenvalue weighted by atomic mass is 10.2. The van der Waals surface area contributed by atoms with Gasteiger partial charge in [0.15, 0.2) is 0 Å². The van der Waals surface area contributed by atoms with Gasteiger partial charge in [-0.2, -0.15) is 9.49 Å². The maximum Gasteiger partial charge on any atom is 0.306 e. The lowest BCUT2D eigenvalue weighted by Gasteiger charge is -2.09. The number of sulfonamides is 1. The molecule has 21 heavy (non-hydrogen) atoms. The quantitative estimate of drug-likeness (QED) is 0.681. The van der Waals surface area contributed by atoms with Gasteiger partial charge in [0.25, 0.3) is 10.0 Å². The SMILES string of the molecule is Cc1cc(F)c([N+](=O)[O-])cc1S(=O)(=O)Nc1cnn(C)c1. The first-order valence-corrected chi connectivity index (χ1v) is 7.15. The van der Waals surface area contributed by atoms with Gasteiger partial charge in [0.2, 0.25) is 5.82 Å². The van der Waals surface area contributed by atoms with Crippen LogP contribution in [-0.4, -0.2) is 23.1 Å². The molecule has 1 aromatic carbocycles. The third-order valence-corrected chi connectivity index (χ3v) is 4.21. The van der Waals surface area contributed by atoms with Gasteiger partial charge in [-0.05, 0) is 18.6 Å². The molecule has 0 aliphatic carbocycles. The smallest absolute Gasteiger partial charge is 0.276 e. The second kappa shape index (κ2) is 5.13. The van der Waals surface area contributed by atoms with Gasteiger partial charge in [-0.15, -0.1) is 0 Å². The van der Waals surface area contributed by atoms with E-state index in [1.54, 1.807) is 7.05 Å². The molecule has 2 aromatic rings. The summed E-state index contributed by atoms with van der Waals surface area (Å²) in [4.78, 5) is 9.37. The first kappa shape index (κ1) is 14.9. The van der Waals surface area contributed by atoms with Crippen LogP contribution < -0.4 is 4.72 Å². The molecule has 1 aromatic heterocycles. The van der Waals surface area contributed by atoms with Crippen molar-refractivity contribution in [2.45, 2.75) is 11.8 Å². The molecule has 1 N–H and O–H groups in total. The monoisotopic (exact) mass is 314 g/mol. The predicted molar refractivity (Wildman–Crippen MR) is 71.8 cm³/mol. The Labute approximate surface area is 119 Å². The number of aromatic nitrogens is 2. The highest BCUT2D eigenvalue weighted by molar-refractivity contribution is 7.92. The molecule has 0 atom stereocenters. The molecule has 10 heteroatoms. The number of nitrogens with zero attached hydrogens (tertiary/aromatic N) is 3. The van der Waals surface area contributed by atoms with Crippen LogP contribution in [0.1, 0.15) is 5.56 Å². The summed E-state index contributed by atoms with van der Waals surface area (Å²) in [7, 11) is -2.47. The average Bonchev–Trinajstić information content (AvgIpc) is 2.72. The van der Waals surface area contributed by atoms with E-state index >= 15 is 0 Å². The maximum atomic E-state index is 13.4. The van der Waals surface area contributed by atoms with E-state index < -0.39 is 26.5 Å². The summed E-state index contributed by atoms with van der Waals surface area (Å²) >= 11 is 0. The van der Waals surface area contributed by atoms with E-state index in [9.17, 15) is 22.9 Å². The van der Waals surface area contributed by atoms with Gasteiger partial charge in [-0.1, -0.05) is 0 Å². The van der Waals surface area contributed by atoms with E-state index in [1.807, 2.05) is 0 Å². The number of aryl methyl sites for hydroxylation is 2. The van der Waals surface area contributed by atoms with Crippen LogP contribution in [0.2, 0.25) is 0 Å². The van der Waals surface area contributed by atoms with Gasteiger partial charge < -0.3 is 0 Å². The molecule has 112 valence electrons. The fourth-order valence-electron chi connectivity index (χ4n) is 1.76. The van der Waals surface area contributed by atoms with Gasteiger partial charge >= 0.3 is 5.69 Å². The number of halogens is 1. The van der Waals surface area contributed by atoms with Crippen molar-refractivity contribution in [2.75, 3.05) is 4.72 Å². The summed E-state index contributed by atoms with van der Waals surface area (Å²) in [6, 6.07) is 1.51. The van der Waals surface area contributed by atoms with Crippen LogP contribution >= 0.6 is 0 Å². The molecular weight excluding hydrogens is 303 g/mol. The van der Waals surface area contributed by atoms with Crippen molar-refractivity contribution in [1.29, 1.82) is 0 Å². The summed E-state index contributed by atoms with van der Waals surface area (Å²) in [5, 5.41) is 14.5. The molecule has 0 aliphatic heterocycles. The van der Waals surface area contributed by atoms with Crippen LogP contribution in [0.3, 0.4) is 0 Å². The normalized spacial score (nSPS) is 11.4. The number of rotatable bonds is 4. The zero-order chi connectivity index (χ0) is 15.8. The van der Waals surface area contributed by atoms with E-state index in [-0.39, 0.29) is 16.1 Å². The van der Waals surface area contributed by atoms with Crippen molar-refractivity contribution in [2.24, 2.45) is 7.05 Å². The summed E-state index contributed by atoms with van der Waals surface area (Å²) in [6.45, 7) is 1.35. The Morgan fingerprint density at radius 1 is 1.43 bits per heavy atom. The highest BCUT2D eigenvalue weighted by Gasteiger charge is 2.24. The molecule has 0 spiro atoms. The van der Waals surface area contributed by atoms with Crippen LogP contribution in [-0.2, 0) is 17.1 Å². The third-order valence-electron chi connectivity index (χ3n) is 2.69. The molecule has 2 rings (SSSR count). The summed E-state index contributed by atoms with van der Waals surface area (Å²) < 4.78 is 41.5. The van der Waals surface area contributed by atoms with Crippen LogP contribution in [0.4, 0.5) is 15.8 Å². The van der Waals surface area contributed by atoms with Crippen molar-refractivity contribution >= 4 is 21.4 Å². The lowest BCUT2D eigenvalue weighted by Crippen LogP contribution is -2.14. The van der Waals surface area contributed by atoms with Gasteiger partial charge in [-0.25, -0.2) is 8.42 Å². The fourth-order valence-corrected chi connectivity index (χ4v) is 3.03. The Hall–Kier alpha value is -2.49. The Balaban J connectivity index is 2.49. The molecular formula is C11H11FN4O4S. The Bertz CT molecular complexity index is 816. The first-order chi connectivity index (χ1) is 9.70. The molecule has 0 bridgehead atoms. The van der Waals surface area contributed by atoms with Crippen molar-refractivity contribution in [3.63, 3.8) is 0 Å². The molecule has 1 heterocycles. The van der Waals surface area contributed by atoms with Crippen molar-refractivity contribution < 1.29 is 17.7 Å². The Morgan fingerprint density at radius 2 is 2.10 bits per heavy atom. The molecule has 0 fully saturated rings. The van der Waals surface area contributed by atoms with E-state index in [0.717, 1.165) is 6.07 Å². The first-order valence-electron chi connectivity index (χ1n) is 5.66. The second-order valence-corrected chi connectivity index (χ2v) is 5.99. The molecule has 0 radical (unpaired) electrons. The number of hydrogen-bond acceptors (Lipinski definition) is 5. The highest BCUT2D eigenvalue weighted by atomic mass is 32.2. The Morgan fingerprint density at radius 3 is 2.62 bits per heavy atom. The minimum Gasteiger partial charge on any atom is -0.276 e. The Kier molecular flexibility index (Phi) is 3.64. The molecule has 8 nitrogen and oxygen atoms in total. The zero-order valence-corrected chi connectivity index (χ0v) is 11.9. The van der Waals surface area contributed by atoms with Crippen LogP contribution in [0.5, 0.6) is 0 Å². The largest absolute Gasteiger partial charge is 0.306 e. The maximum absolute atomic E-state index is 13.4. The number of anilines is 1. The standard InChI is InChI=1S/C11H11FN4O4S/c1-7-3-9(12)10(16(17)18)4-11(7)21(19,20)14-8-5-13-15(2)6-8/h3-6,14H,1-2H3. The molecule has 0 amide bonds. The van der Waals surface area contributed by atoms with Gasteiger partial charge in [0.05, 0.1) is 21.7 Å². The minimum atomic E-state index is -4.08. The van der Waals surface area contributed by atoms with Crippen LogP contribution in [0.15, 0.2) is 29.4 Å². The molecule has 0 aliphatic rings. The third kappa shape index (κ3) is 2.99. The van der Waals surface area contributed by atoms with E-state index in [4.69, 9.17) is 0 Å². The van der Waals surface area contributed by atoms with Gasteiger partial charge in [-0.3, -0.25) is 19.5 Å². The summed E-state index contributed by atoms with van der Waals surface area (Å²) in [5.74, 6) is -1.09. The highest BCUT2D eigenvalue weighted by Crippen LogP contribution is 2.26. The van der Waals surface area contributed by atoms with Gasteiger partial charge in [0.1, 0.15) is 0 Å². The van der Waals surface area contributed by atoms with Crippen LogP contribution in [0, 0.1) is 22.9 Å². The van der Waals surface area contributed by atoms with Crippen molar-refractivity contribution in [3.8, 4) is 0 Å². The van der Waals surface area contributed by atoms with Crippen molar-refractivity contribution in [1.82, 2.24) is 9.78 Å². The number of nitro benzene ring substituents is 1. The summed E-state index contributed by atoms with van der Waals surface area (Å²) in [6.07, 6.45) is 2.70. The molecule has 0 unspecified atom stereocenters. The zero-order valence-electron chi connectivity index (χ0n) is 11.1. The summed E-state index contributed by atoms with van der Waals surface area (Å²) in [5.41, 5.74) is -0.634. The molecule has 0 saturated carbocycles. The minimum absolute atomic E-state index is 0.0643. The lowest BCUT2D eigenvalue weighted by molar-refractivity contribution is -0.387. The van der Waals surface area contributed by atoms with Gasteiger partial charge in [0, 0.05) is 19.3 Å². The topological polar surface area (TPSA) is 107 Å². The second-order valence-electron chi connectivity index (χ2n) is 4.33. The predicted octanol–water partition coefficient (Wildman–Crippen LogP) is 1.58. The number of nitro groups is 1. The average molecular weight is 314 g/mol. The van der Waals surface area contributed by atoms with E-state index in [2.05, 4.69) is 9.82 Å². The van der Waals surface area contributed by atoms with E-state index in [1.165, 1.54) is 24.0 Å². The van der Waals surface area contributed by atoms with Crippen LogP contribution in [0.25, 0.3) is 0 Å². The number of nitrogens with one attached hydrogen (secondary N) is 1. The fraction of sp³-hybridized carbons (Fsp3) is 0.182. The number of benzene rings is 1.